The molecule has 0 spiro atoms. The first-order valence-corrected chi connectivity index (χ1v) is 6.31. The van der Waals surface area contributed by atoms with Crippen LogP contribution in [-0.4, -0.2) is 10.8 Å². The van der Waals surface area contributed by atoms with Crippen LogP contribution >= 0.6 is 0 Å². The molecular formula is C15H15N3O3. The Morgan fingerprint density at radius 3 is 2.62 bits per heavy atom. The number of aryl methyl sites for hydroxylation is 1. The van der Waals surface area contributed by atoms with Crippen molar-refractivity contribution < 1.29 is 9.72 Å². The van der Waals surface area contributed by atoms with E-state index in [-0.39, 0.29) is 11.6 Å². The smallest absolute Gasteiger partial charge is 0.274 e. The molecule has 2 rings (SSSR count). The number of anilines is 2. The first-order valence-electron chi connectivity index (χ1n) is 6.31. The molecule has 0 saturated carbocycles. The molecule has 0 atom stereocenters. The van der Waals surface area contributed by atoms with Crippen LogP contribution in [0.15, 0.2) is 36.4 Å². The van der Waals surface area contributed by atoms with E-state index in [9.17, 15) is 14.9 Å². The van der Waals surface area contributed by atoms with E-state index >= 15 is 0 Å². The van der Waals surface area contributed by atoms with E-state index < -0.39 is 4.92 Å². The number of hydrogen-bond donors (Lipinski definition) is 2. The zero-order chi connectivity index (χ0) is 15.6. The fourth-order valence-corrected chi connectivity index (χ4v) is 1.98. The van der Waals surface area contributed by atoms with Crippen molar-refractivity contribution in [3.8, 4) is 0 Å². The van der Waals surface area contributed by atoms with Crippen molar-refractivity contribution in [3.63, 3.8) is 0 Å². The summed E-state index contributed by atoms with van der Waals surface area (Å²) in [5, 5.41) is 13.6. The molecule has 21 heavy (non-hydrogen) atoms. The molecule has 0 fully saturated rings. The molecule has 0 bridgehead atoms. The number of nitrogen functional groups attached to an aromatic ring is 1. The minimum absolute atomic E-state index is 0.0305. The third-order valence-corrected chi connectivity index (χ3v) is 3.28. The molecule has 2 aromatic rings. The molecule has 0 aliphatic rings. The van der Waals surface area contributed by atoms with Gasteiger partial charge in [-0.05, 0) is 37.6 Å². The predicted octanol–water partition coefficient (Wildman–Crippen LogP) is 3.05. The Kier molecular flexibility index (Phi) is 3.89. The third kappa shape index (κ3) is 3.00. The molecule has 0 aliphatic carbocycles. The maximum Gasteiger partial charge on any atom is 0.274 e. The second-order valence-corrected chi connectivity index (χ2v) is 4.73. The second-order valence-electron chi connectivity index (χ2n) is 4.73. The zero-order valence-electron chi connectivity index (χ0n) is 11.7. The fourth-order valence-electron chi connectivity index (χ4n) is 1.98. The minimum atomic E-state index is -0.475. The summed E-state index contributed by atoms with van der Waals surface area (Å²) >= 11 is 0. The lowest BCUT2D eigenvalue weighted by Gasteiger charge is -2.09. The highest BCUT2D eigenvalue weighted by Crippen LogP contribution is 2.23. The Hall–Kier alpha value is -2.89. The van der Waals surface area contributed by atoms with E-state index in [1.807, 2.05) is 0 Å². The third-order valence-electron chi connectivity index (χ3n) is 3.28. The van der Waals surface area contributed by atoms with Crippen LogP contribution in [0.5, 0.6) is 0 Å². The van der Waals surface area contributed by atoms with Crippen LogP contribution in [0.1, 0.15) is 21.5 Å². The van der Waals surface area contributed by atoms with E-state index in [1.54, 1.807) is 44.2 Å². The van der Waals surface area contributed by atoms with Gasteiger partial charge < -0.3 is 11.1 Å². The predicted molar refractivity (Wildman–Crippen MR) is 81.4 cm³/mol. The average Bonchev–Trinajstić information content (AvgIpc) is 2.43. The lowest BCUT2D eigenvalue weighted by molar-refractivity contribution is -0.385. The summed E-state index contributed by atoms with van der Waals surface area (Å²) < 4.78 is 0. The van der Waals surface area contributed by atoms with Crippen molar-refractivity contribution in [1.82, 2.24) is 0 Å². The summed E-state index contributed by atoms with van der Waals surface area (Å²) in [5.41, 5.74) is 8.30. The molecule has 0 radical (unpaired) electrons. The maximum atomic E-state index is 12.2. The summed E-state index contributed by atoms with van der Waals surface area (Å²) in [5.74, 6) is -0.349. The Morgan fingerprint density at radius 1 is 1.24 bits per heavy atom. The van der Waals surface area contributed by atoms with Gasteiger partial charge in [-0.3, -0.25) is 14.9 Å². The van der Waals surface area contributed by atoms with E-state index in [0.29, 0.717) is 28.1 Å². The van der Waals surface area contributed by atoms with Crippen LogP contribution in [0.25, 0.3) is 0 Å². The van der Waals surface area contributed by atoms with Crippen molar-refractivity contribution in [3.05, 3.63) is 63.2 Å². The second kappa shape index (κ2) is 5.62. The fraction of sp³-hybridized carbons (Fsp3) is 0.133. The quantitative estimate of drug-likeness (QED) is 0.514. The number of carbonyl (C=O) groups is 1. The van der Waals surface area contributed by atoms with Crippen LogP contribution in [0, 0.1) is 24.0 Å². The van der Waals surface area contributed by atoms with Crippen molar-refractivity contribution in [2.24, 2.45) is 0 Å². The summed E-state index contributed by atoms with van der Waals surface area (Å²) in [6.45, 7) is 3.40. The van der Waals surface area contributed by atoms with Gasteiger partial charge in [0.05, 0.1) is 4.92 Å². The molecular weight excluding hydrogens is 270 g/mol. The molecule has 0 unspecified atom stereocenters. The molecule has 0 heterocycles. The highest BCUT2D eigenvalue weighted by atomic mass is 16.6. The molecule has 6 nitrogen and oxygen atoms in total. The van der Waals surface area contributed by atoms with Crippen molar-refractivity contribution in [2.75, 3.05) is 11.1 Å². The number of hydrogen-bond acceptors (Lipinski definition) is 4. The van der Waals surface area contributed by atoms with Gasteiger partial charge in [-0.2, -0.15) is 0 Å². The lowest BCUT2D eigenvalue weighted by atomic mass is 10.1. The average molecular weight is 285 g/mol. The van der Waals surface area contributed by atoms with E-state index in [0.717, 1.165) is 0 Å². The number of carbonyl (C=O) groups excluding carboxylic acids is 1. The molecule has 0 aromatic heterocycles. The highest BCUT2D eigenvalue weighted by Gasteiger charge is 2.14. The number of nitro benzene ring substituents is 1. The number of amides is 1. The molecule has 0 aliphatic heterocycles. The maximum absolute atomic E-state index is 12.2. The number of benzene rings is 2. The van der Waals surface area contributed by atoms with Gasteiger partial charge in [0.25, 0.3) is 11.6 Å². The molecule has 0 saturated heterocycles. The van der Waals surface area contributed by atoms with Gasteiger partial charge in [0, 0.05) is 28.6 Å². The Labute approximate surface area is 121 Å². The Bertz CT molecular complexity index is 726. The van der Waals surface area contributed by atoms with E-state index in [4.69, 9.17) is 5.73 Å². The number of rotatable bonds is 3. The minimum Gasteiger partial charge on any atom is -0.398 e. The van der Waals surface area contributed by atoms with Crippen LogP contribution in [0.2, 0.25) is 0 Å². The molecule has 3 N–H and O–H groups in total. The van der Waals surface area contributed by atoms with Gasteiger partial charge >= 0.3 is 0 Å². The summed E-state index contributed by atoms with van der Waals surface area (Å²) in [4.78, 5) is 22.6. The highest BCUT2D eigenvalue weighted by molar-refractivity contribution is 6.06. The lowest BCUT2D eigenvalue weighted by Crippen LogP contribution is -2.14. The Morgan fingerprint density at radius 2 is 1.95 bits per heavy atom. The van der Waals surface area contributed by atoms with Crippen LogP contribution in [-0.2, 0) is 0 Å². The largest absolute Gasteiger partial charge is 0.398 e. The van der Waals surface area contributed by atoms with Crippen molar-refractivity contribution in [2.45, 2.75) is 13.8 Å². The molecule has 108 valence electrons. The van der Waals surface area contributed by atoms with E-state index in [2.05, 4.69) is 5.32 Å². The first kappa shape index (κ1) is 14.5. The van der Waals surface area contributed by atoms with Crippen LogP contribution in [0.4, 0.5) is 17.1 Å². The van der Waals surface area contributed by atoms with Gasteiger partial charge in [-0.15, -0.1) is 0 Å². The zero-order valence-corrected chi connectivity index (χ0v) is 11.7. The van der Waals surface area contributed by atoms with Gasteiger partial charge in [0.2, 0.25) is 0 Å². The monoisotopic (exact) mass is 285 g/mol. The number of nitrogens with two attached hydrogens (primary N) is 1. The SMILES string of the molecule is Cc1ccc(NC(=O)c2cccc(N)c2C)cc1[N+](=O)[O-]. The van der Waals surface area contributed by atoms with Gasteiger partial charge in [-0.1, -0.05) is 12.1 Å². The number of nitrogens with one attached hydrogen (secondary N) is 1. The van der Waals surface area contributed by atoms with Crippen molar-refractivity contribution in [1.29, 1.82) is 0 Å². The van der Waals surface area contributed by atoms with Crippen molar-refractivity contribution >= 4 is 23.0 Å². The first-order chi connectivity index (χ1) is 9.90. The summed E-state index contributed by atoms with van der Waals surface area (Å²) in [6.07, 6.45) is 0. The topological polar surface area (TPSA) is 98.3 Å². The molecule has 2 aromatic carbocycles. The van der Waals surface area contributed by atoms with E-state index in [1.165, 1.54) is 6.07 Å². The molecule has 1 amide bonds. The van der Waals surface area contributed by atoms with Crippen LogP contribution < -0.4 is 11.1 Å². The normalized spacial score (nSPS) is 10.2. The molecule has 6 heteroatoms. The van der Waals surface area contributed by atoms with Gasteiger partial charge in [0.1, 0.15) is 0 Å². The van der Waals surface area contributed by atoms with Gasteiger partial charge in [-0.25, -0.2) is 0 Å². The van der Waals surface area contributed by atoms with Gasteiger partial charge in [0.15, 0.2) is 0 Å². The Balaban J connectivity index is 2.30. The standard InChI is InChI=1S/C15H15N3O3/c1-9-6-7-11(8-14(9)18(20)21)17-15(19)12-4-3-5-13(16)10(12)2/h3-8H,16H2,1-2H3,(H,17,19). The van der Waals surface area contributed by atoms with Crippen LogP contribution in [0.3, 0.4) is 0 Å². The number of nitro groups is 1. The number of nitrogens with zero attached hydrogens (tertiary/aromatic N) is 1. The summed E-state index contributed by atoms with van der Waals surface area (Å²) in [7, 11) is 0. The summed E-state index contributed by atoms with van der Waals surface area (Å²) in [6, 6.07) is 9.62.